The Balaban J connectivity index is 3.26. The van der Waals surface area contributed by atoms with Gasteiger partial charge in [-0.1, -0.05) is 15.9 Å². The van der Waals surface area contributed by atoms with E-state index in [9.17, 15) is 10.1 Å². The predicted molar refractivity (Wildman–Crippen MR) is 29.9 cm³/mol. The van der Waals surface area contributed by atoms with Gasteiger partial charge >= 0.3 is 0 Å². The second kappa shape index (κ2) is 3.80. The Labute approximate surface area is 49.3 Å². The summed E-state index contributed by atoms with van der Waals surface area (Å²) in [5.41, 5.74) is 0. The lowest BCUT2D eigenvalue weighted by atomic mass is 10.7. The second-order valence-electron chi connectivity index (χ2n) is 0.824. The van der Waals surface area contributed by atoms with Crippen molar-refractivity contribution in [3.05, 3.63) is 22.4 Å². The zero-order chi connectivity index (χ0) is 5.70. The van der Waals surface area contributed by atoms with Crippen molar-refractivity contribution in [3.8, 4) is 0 Å². The Bertz CT molecular complexity index is 90.9. The number of allylic oxidation sites excluding steroid dienone is 1. The van der Waals surface area contributed by atoms with Crippen molar-refractivity contribution in [2.24, 2.45) is 0 Å². The number of nitro groups is 1. The first kappa shape index (κ1) is 6.62. The summed E-state index contributed by atoms with van der Waals surface area (Å²) in [7, 11) is 0. The molecule has 0 bridgehead atoms. The number of halogens is 1. The Hall–Kier alpha value is -0.380. The van der Waals surface area contributed by atoms with Crippen molar-refractivity contribution < 1.29 is 4.92 Å². The molecule has 0 atom stereocenters. The summed E-state index contributed by atoms with van der Waals surface area (Å²) in [5.74, 6) is 0. The van der Waals surface area contributed by atoms with Crippen LogP contribution in [0.1, 0.15) is 0 Å². The lowest BCUT2D eigenvalue weighted by Crippen LogP contribution is -1.81. The van der Waals surface area contributed by atoms with E-state index in [0.29, 0.717) is 5.33 Å². The highest BCUT2D eigenvalue weighted by Crippen LogP contribution is 1.80. The molecule has 0 rings (SSSR count). The van der Waals surface area contributed by atoms with E-state index in [1.807, 2.05) is 0 Å². The van der Waals surface area contributed by atoms with Gasteiger partial charge in [-0.15, -0.1) is 0 Å². The lowest BCUT2D eigenvalue weighted by Gasteiger charge is -1.72. The molecular weight excluding hydrogens is 162 g/mol. The minimum Gasteiger partial charge on any atom is -0.259 e. The number of hydrogen-bond donors (Lipinski definition) is 0. The van der Waals surface area contributed by atoms with E-state index >= 15 is 0 Å². The zero-order valence-electron chi connectivity index (χ0n) is 3.50. The summed E-state index contributed by atoms with van der Waals surface area (Å²) < 4.78 is 0. The topological polar surface area (TPSA) is 43.1 Å². The van der Waals surface area contributed by atoms with Crippen LogP contribution >= 0.6 is 15.9 Å². The summed E-state index contributed by atoms with van der Waals surface area (Å²) in [6, 6.07) is 0. The highest BCUT2D eigenvalue weighted by atomic mass is 79.9. The molecule has 0 spiro atoms. The molecule has 0 aliphatic carbocycles. The van der Waals surface area contributed by atoms with Crippen molar-refractivity contribution in [1.82, 2.24) is 0 Å². The molecule has 0 fully saturated rings. The third-order valence-corrected chi connectivity index (χ3v) is 0.690. The first-order valence-corrected chi connectivity index (χ1v) is 2.75. The van der Waals surface area contributed by atoms with E-state index < -0.39 is 4.92 Å². The maximum Gasteiger partial charge on any atom is 0.231 e. The number of nitrogens with zero attached hydrogens (tertiary/aromatic N) is 1. The highest BCUT2D eigenvalue weighted by Gasteiger charge is 1.78. The number of rotatable bonds is 2. The van der Waals surface area contributed by atoms with Crippen LogP contribution in [0.3, 0.4) is 0 Å². The van der Waals surface area contributed by atoms with Crippen molar-refractivity contribution in [1.29, 1.82) is 0 Å². The van der Waals surface area contributed by atoms with Crippen molar-refractivity contribution >= 4 is 15.9 Å². The summed E-state index contributed by atoms with van der Waals surface area (Å²) >= 11 is 2.99. The summed E-state index contributed by atoms with van der Waals surface area (Å²) in [5, 5.41) is 9.99. The van der Waals surface area contributed by atoms with Gasteiger partial charge in [0.05, 0.1) is 4.92 Å². The van der Waals surface area contributed by atoms with Crippen LogP contribution in [-0.4, -0.2) is 10.3 Å². The molecule has 3 nitrogen and oxygen atoms in total. The fraction of sp³-hybridized carbons (Fsp3) is 0.333. The van der Waals surface area contributed by atoms with Crippen LogP contribution in [0.4, 0.5) is 0 Å². The Morgan fingerprint density at radius 1 is 1.86 bits per heavy atom. The molecule has 0 aromatic carbocycles. The molecule has 0 saturated heterocycles. The molecule has 0 amide bonds. The Kier molecular flexibility index (Phi) is 3.59. The Morgan fingerprint density at radius 3 is 2.57 bits per heavy atom. The number of alkyl halides is 1. The van der Waals surface area contributed by atoms with Crippen LogP contribution in [0.2, 0.25) is 0 Å². The third-order valence-electron chi connectivity index (χ3n) is 0.316. The van der Waals surface area contributed by atoms with E-state index in [1.54, 1.807) is 0 Å². The first-order chi connectivity index (χ1) is 3.27. The second-order valence-corrected chi connectivity index (χ2v) is 1.47. The smallest absolute Gasteiger partial charge is 0.231 e. The van der Waals surface area contributed by atoms with E-state index in [2.05, 4.69) is 15.9 Å². The number of hydrogen-bond acceptors (Lipinski definition) is 2. The van der Waals surface area contributed by atoms with Crippen LogP contribution in [0.25, 0.3) is 0 Å². The average Bonchev–Trinajstić information content (AvgIpc) is 1.61. The maximum atomic E-state index is 9.46. The molecule has 7 heavy (non-hydrogen) atoms. The van der Waals surface area contributed by atoms with E-state index in [-0.39, 0.29) is 0 Å². The summed E-state index contributed by atoms with van der Waals surface area (Å²) in [6.45, 7) is 0. The average molecular weight is 166 g/mol. The monoisotopic (exact) mass is 165 g/mol. The minimum absolute atomic E-state index is 0.499. The Morgan fingerprint density at radius 2 is 2.43 bits per heavy atom. The quantitative estimate of drug-likeness (QED) is 0.351. The lowest BCUT2D eigenvalue weighted by molar-refractivity contribution is -0.402. The van der Waals surface area contributed by atoms with Gasteiger partial charge in [-0.3, -0.25) is 10.1 Å². The van der Waals surface area contributed by atoms with Crippen LogP contribution in [0, 0.1) is 10.1 Å². The first-order valence-electron chi connectivity index (χ1n) is 1.63. The molecule has 0 unspecified atom stereocenters. The highest BCUT2D eigenvalue weighted by molar-refractivity contribution is 9.09. The molecular formula is C3H4BrNO2. The van der Waals surface area contributed by atoms with Gasteiger partial charge in [0, 0.05) is 5.33 Å². The molecule has 40 valence electrons. The van der Waals surface area contributed by atoms with Gasteiger partial charge in [0.1, 0.15) is 0 Å². The molecule has 0 aliphatic heterocycles. The summed E-state index contributed by atoms with van der Waals surface area (Å²) in [4.78, 5) is 8.96. The van der Waals surface area contributed by atoms with Gasteiger partial charge in [-0.05, 0) is 6.08 Å². The minimum atomic E-state index is -0.499. The predicted octanol–water partition coefficient (Wildman–Crippen LogP) is 1.17. The molecule has 4 heteroatoms. The standard InChI is InChI=1S/C3H4BrNO2/c4-2-1-3-5(6)7/h1,3H,2H2. The van der Waals surface area contributed by atoms with Gasteiger partial charge < -0.3 is 0 Å². The van der Waals surface area contributed by atoms with Crippen LogP contribution in [0.5, 0.6) is 0 Å². The fourth-order valence-corrected chi connectivity index (χ4v) is 0.293. The van der Waals surface area contributed by atoms with Gasteiger partial charge in [0.2, 0.25) is 6.20 Å². The normalized spacial score (nSPS) is 9.86. The van der Waals surface area contributed by atoms with E-state index in [4.69, 9.17) is 0 Å². The molecule has 0 radical (unpaired) electrons. The van der Waals surface area contributed by atoms with Gasteiger partial charge in [-0.2, -0.15) is 0 Å². The van der Waals surface area contributed by atoms with Crippen LogP contribution in [0.15, 0.2) is 12.3 Å². The molecule has 0 N–H and O–H groups in total. The van der Waals surface area contributed by atoms with Crippen LogP contribution < -0.4 is 0 Å². The van der Waals surface area contributed by atoms with E-state index in [0.717, 1.165) is 6.20 Å². The maximum absolute atomic E-state index is 9.46. The van der Waals surface area contributed by atoms with Gasteiger partial charge in [0.25, 0.3) is 0 Å². The zero-order valence-corrected chi connectivity index (χ0v) is 5.09. The van der Waals surface area contributed by atoms with Gasteiger partial charge in [0.15, 0.2) is 0 Å². The van der Waals surface area contributed by atoms with Crippen molar-refractivity contribution in [2.75, 3.05) is 5.33 Å². The SMILES string of the molecule is O=[N+]([O-])C=CCBr. The van der Waals surface area contributed by atoms with Crippen LogP contribution in [-0.2, 0) is 0 Å². The van der Waals surface area contributed by atoms with Crippen molar-refractivity contribution in [3.63, 3.8) is 0 Å². The van der Waals surface area contributed by atoms with E-state index in [1.165, 1.54) is 6.08 Å². The molecule has 0 heterocycles. The van der Waals surface area contributed by atoms with Crippen molar-refractivity contribution in [2.45, 2.75) is 0 Å². The molecule has 0 saturated carbocycles. The fourth-order valence-electron chi connectivity index (χ4n) is 0.126. The molecule has 0 aliphatic rings. The largest absolute Gasteiger partial charge is 0.259 e. The third kappa shape index (κ3) is 5.62. The molecule has 0 aromatic heterocycles. The van der Waals surface area contributed by atoms with Gasteiger partial charge in [-0.25, -0.2) is 0 Å². The molecule has 0 aromatic rings. The summed E-state index contributed by atoms with van der Waals surface area (Å²) in [6.07, 6.45) is 2.31.